The molecule has 2 aromatic carbocycles. The molecule has 94 valence electrons. The highest BCUT2D eigenvalue weighted by Gasteiger charge is 2.08. The van der Waals surface area contributed by atoms with E-state index in [1.165, 1.54) is 23.9 Å². The van der Waals surface area contributed by atoms with Crippen LogP contribution in [0.15, 0.2) is 46.2 Å². The number of rotatable bonds is 3. The van der Waals surface area contributed by atoms with Gasteiger partial charge >= 0.3 is 0 Å². The molecule has 0 saturated carbocycles. The SMILES string of the molecule is NCc1cc(I)c(Cl)cc1Sc1ccc(F)cc1. The number of hydrogen-bond donors (Lipinski definition) is 1. The molecule has 0 aliphatic rings. The lowest BCUT2D eigenvalue weighted by Gasteiger charge is -2.09. The second-order valence-corrected chi connectivity index (χ2v) is 6.32. The Labute approximate surface area is 128 Å². The summed E-state index contributed by atoms with van der Waals surface area (Å²) in [5.74, 6) is -0.237. The van der Waals surface area contributed by atoms with E-state index in [4.69, 9.17) is 17.3 Å². The minimum absolute atomic E-state index is 0.237. The van der Waals surface area contributed by atoms with Crippen molar-refractivity contribution in [2.24, 2.45) is 5.73 Å². The molecule has 0 aliphatic heterocycles. The molecule has 0 aromatic heterocycles. The molecule has 0 unspecified atom stereocenters. The molecule has 0 saturated heterocycles. The standard InChI is InChI=1S/C13H10ClFINS/c14-11-6-13(8(7-17)5-12(11)16)18-10-3-1-9(15)2-4-10/h1-6H,7,17H2. The van der Waals surface area contributed by atoms with E-state index in [-0.39, 0.29) is 5.82 Å². The maximum atomic E-state index is 12.8. The molecule has 1 nitrogen and oxygen atoms in total. The van der Waals surface area contributed by atoms with Crippen molar-refractivity contribution in [2.45, 2.75) is 16.3 Å². The summed E-state index contributed by atoms with van der Waals surface area (Å²) in [4.78, 5) is 1.97. The van der Waals surface area contributed by atoms with Gasteiger partial charge < -0.3 is 5.73 Å². The van der Waals surface area contributed by atoms with Gasteiger partial charge in [-0.1, -0.05) is 23.4 Å². The average Bonchev–Trinajstić information content (AvgIpc) is 2.36. The number of benzene rings is 2. The van der Waals surface area contributed by atoms with E-state index in [1.54, 1.807) is 12.1 Å². The van der Waals surface area contributed by atoms with Crippen LogP contribution >= 0.6 is 46.0 Å². The largest absolute Gasteiger partial charge is 0.326 e. The highest BCUT2D eigenvalue weighted by molar-refractivity contribution is 14.1. The first-order chi connectivity index (χ1) is 8.60. The van der Waals surface area contributed by atoms with Crippen LogP contribution in [0.5, 0.6) is 0 Å². The quantitative estimate of drug-likeness (QED) is 0.765. The van der Waals surface area contributed by atoms with E-state index >= 15 is 0 Å². The molecule has 0 heterocycles. The molecule has 0 radical (unpaired) electrons. The van der Waals surface area contributed by atoms with E-state index in [1.807, 2.05) is 12.1 Å². The van der Waals surface area contributed by atoms with Crippen LogP contribution in [-0.2, 0) is 6.54 Å². The van der Waals surface area contributed by atoms with Crippen LogP contribution in [0.2, 0.25) is 5.02 Å². The highest BCUT2D eigenvalue weighted by atomic mass is 127. The van der Waals surface area contributed by atoms with Gasteiger partial charge in [-0.15, -0.1) is 0 Å². The predicted octanol–water partition coefficient (Wildman–Crippen LogP) is 4.69. The van der Waals surface area contributed by atoms with Crippen LogP contribution in [0.3, 0.4) is 0 Å². The second-order valence-electron chi connectivity index (χ2n) is 3.63. The van der Waals surface area contributed by atoms with Gasteiger partial charge in [0.1, 0.15) is 5.82 Å². The fourth-order valence-corrected chi connectivity index (χ4v) is 3.19. The Morgan fingerprint density at radius 3 is 2.50 bits per heavy atom. The van der Waals surface area contributed by atoms with Crippen LogP contribution in [-0.4, -0.2) is 0 Å². The second kappa shape index (κ2) is 6.23. The van der Waals surface area contributed by atoms with Gasteiger partial charge in [0.05, 0.1) is 5.02 Å². The molecule has 0 aliphatic carbocycles. The maximum absolute atomic E-state index is 12.8. The van der Waals surface area contributed by atoms with Crippen molar-refractivity contribution in [1.29, 1.82) is 0 Å². The van der Waals surface area contributed by atoms with Gasteiger partial charge in [0.25, 0.3) is 0 Å². The molecule has 0 amide bonds. The third-order valence-corrected chi connectivity index (χ3v) is 5.00. The Hall–Kier alpha value is -0.300. The first-order valence-electron chi connectivity index (χ1n) is 5.21. The molecule has 0 spiro atoms. The molecule has 5 heteroatoms. The summed E-state index contributed by atoms with van der Waals surface area (Å²) in [5.41, 5.74) is 6.77. The molecular formula is C13H10ClFINS. The van der Waals surface area contributed by atoms with Crippen LogP contribution in [0.4, 0.5) is 4.39 Å². The zero-order valence-electron chi connectivity index (χ0n) is 9.29. The lowest BCUT2D eigenvalue weighted by Crippen LogP contribution is -1.99. The minimum atomic E-state index is -0.237. The average molecular weight is 394 g/mol. The Morgan fingerprint density at radius 1 is 1.22 bits per heavy atom. The number of hydrogen-bond acceptors (Lipinski definition) is 2. The van der Waals surface area contributed by atoms with E-state index in [0.717, 1.165) is 18.9 Å². The Balaban J connectivity index is 2.33. The highest BCUT2D eigenvalue weighted by Crippen LogP contribution is 2.34. The lowest BCUT2D eigenvalue weighted by molar-refractivity contribution is 0.626. The van der Waals surface area contributed by atoms with E-state index in [0.29, 0.717) is 11.6 Å². The van der Waals surface area contributed by atoms with Crippen molar-refractivity contribution < 1.29 is 4.39 Å². The topological polar surface area (TPSA) is 26.0 Å². The van der Waals surface area contributed by atoms with Crippen LogP contribution in [0.25, 0.3) is 0 Å². The van der Waals surface area contributed by atoms with Gasteiger partial charge in [-0.05, 0) is 64.6 Å². The van der Waals surface area contributed by atoms with Crippen molar-refractivity contribution in [3.05, 3.63) is 56.4 Å². The monoisotopic (exact) mass is 393 g/mol. The van der Waals surface area contributed by atoms with Crippen molar-refractivity contribution in [1.82, 2.24) is 0 Å². The molecule has 2 rings (SSSR count). The van der Waals surface area contributed by atoms with Gasteiger partial charge in [0.2, 0.25) is 0 Å². The summed E-state index contributed by atoms with van der Waals surface area (Å²) in [6.07, 6.45) is 0. The van der Waals surface area contributed by atoms with Crippen molar-refractivity contribution in [2.75, 3.05) is 0 Å². The summed E-state index contributed by atoms with van der Waals surface area (Å²) in [6, 6.07) is 10.3. The Kier molecular flexibility index (Phi) is 4.89. The smallest absolute Gasteiger partial charge is 0.123 e. The fourth-order valence-electron chi connectivity index (χ4n) is 1.45. The molecule has 18 heavy (non-hydrogen) atoms. The molecule has 0 fully saturated rings. The van der Waals surface area contributed by atoms with Crippen LogP contribution in [0.1, 0.15) is 5.56 Å². The molecule has 0 bridgehead atoms. The molecule has 2 N–H and O–H groups in total. The van der Waals surface area contributed by atoms with E-state index < -0.39 is 0 Å². The summed E-state index contributed by atoms with van der Waals surface area (Å²) < 4.78 is 13.8. The van der Waals surface area contributed by atoms with Gasteiger partial charge in [-0.2, -0.15) is 0 Å². The molecule has 0 atom stereocenters. The normalized spacial score (nSPS) is 10.7. The summed E-state index contributed by atoms with van der Waals surface area (Å²) in [5, 5.41) is 0.706. The number of nitrogens with two attached hydrogens (primary N) is 1. The van der Waals surface area contributed by atoms with Gasteiger partial charge in [0.15, 0.2) is 0 Å². The van der Waals surface area contributed by atoms with Crippen molar-refractivity contribution in [3.63, 3.8) is 0 Å². The van der Waals surface area contributed by atoms with E-state index in [9.17, 15) is 4.39 Å². The van der Waals surface area contributed by atoms with Crippen molar-refractivity contribution in [3.8, 4) is 0 Å². The van der Waals surface area contributed by atoms with Crippen LogP contribution < -0.4 is 5.73 Å². The van der Waals surface area contributed by atoms with Crippen molar-refractivity contribution >= 4 is 46.0 Å². The summed E-state index contributed by atoms with van der Waals surface area (Å²) >= 11 is 9.83. The van der Waals surface area contributed by atoms with E-state index in [2.05, 4.69) is 22.6 Å². The molecule has 2 aromatic rings. The summed E-state index contributed by atoms with van der Waals surface area (Å²) in [6.45, 7) is 0.455. The van der Waals surface area contributed by atoms with Gasteiger partial charge in [-0.3, -0.25) is 0 Å². The van der Waals surface area contributed by atoms with Crippen LogP contribution in [0, 0.1) is 9.39 Å². The first-order valence-corrected chi connectivity index (χ1v) is 7.49. The first kappa shape index (κ1) is 14.1. The Morgan fingerprint density at radius 2 is 1.89 bits per heavy atom. The lowest BCUT2D eigenvalue weighted by atomic mass is 10.2. The predicted molar refractivity (Wildman–Crippen MR) is 82.6 cm³/mol. The zero-order valence-corrected chi connectivity index (χ0v) is 13.0. The third-order valence-electron chi connectivity index (χ3n) is 2.36. The number of halogens is 3. The maximum Gasteiger partial charge on any atom is 0.123 e. The molecular weight excluding hydrogens is 384 g/mol. The zero-order chi connectivity index (χ0) is 13.1. The summed E-state index contributed by atoms with van der Waals surface area (Å²) in [7, 11) is 0. The van der Waals surface area contributed by atoms with Gasteiger partial charge in [0, 0.05) is 19.9 Å². The minimum Gasteiger partial charge on any atom is -0.326 e. The van der Waals surface area contributed by atoms with Gasteiger partial charge in [-0.25, -0.2) is 4.39 Å². The fraction of sp³-hybridized carbons (Fsp3) is 0.0769. The third kappa shape index (κ3) is 3.38. The Bertz CT molecular complexity index is 560.